The van der Waals surface area contributed by atoms with Crippen molar-refractivity contribution < 1.29 is 4.39 Å². The third kappa shape index (κ3) is 2.96. The van der Waals surface area contributed by atoms with Gasteiger partial charge >= 0.3 is 0 Å². The molecule has 1 heteroatoms. The highest BCUT2D eigenvalue weighted by atomic mass is 19.1. The smallest absolute Gasteiger partial charge is 0.100 e. The van der Waals surface area contributed by atoms with Crippen LogP contribution in [0, 0.1) is 17.8 Å². The fourth-order valence-electron chi connectivity index (χ4n) is 2.50. The van der Waals surface area contributed by atoms with Crippen molar-refractivity contribution in [3.05, 3.63) is 0 Å². The van der Waals surface area contributed by atoms with Gasteiger partial charge < -0.3 is 0 Å². The Labute approximate surface area is 81.9 Å². The van der Waals surface area contributed by atoms with E-state index in [2.05, 4.69) is 13.8 Å². The first-order chi connectivity index (χ1) is 6.15. The first-order valence-corrected chi connectivity index (χ1v) is 5.79. The number of rotatable bonds is 3. The monoisotopic (exact) mass is 186 g/mol. The Morgan fingerprint density at radius 2 is 1.69 bits per heavy atom. The minimum atomic E-state index is -0.622. The van der Waals surface area contributed by atoms with Crippen molar-refractivity contribution in [1.29, 1.82) is 0 Å². The maximum Gasteiger partial charge on any atom is 0.100 e. The molecule has 0 amide bonds. The molecule has 1 rings (SSSR count). The topological polar surface area (TPSA) is 0 Å². The highest BCUT2D eigenvalue weighted by Gasteiger charge is 2.27. The Hall–Kier alpha value is -0.0700. The van der Waals surface area contributed by atoms with Gasteiger partial charge in [0.15, 0.2) is 0 Å². The lowest BCUT2D eigenvalue weighted by atomic mass is 9.74. The van der Waals surface area contributed by atoms with Gasteiger partial charge in [0.25, 0.3) is 0 Å². The van der Waals surface area contributed by atoms with Crippen LogP contribution in [-0.2, 0) is 0 Å². The summed E-state index contributed by atoms with van der Waals surface area (Å²) < 4.78 is 13.1. The zero-order valence-electron chi connectivity index (χ0n) is 9.22. The van der Waals surface area contributed by atoms with E-state index in [-0.39, 0.29) is 5.92 Å². The second kappa shape index (κ2) is 4.97. The minimum absolute atomic E-state index is 0.276. The Morgan fingerprint density at radius 3 is 2.08 bits per heavy atom. The molecule has 0 nitrogen and oxygen atoms in total. The van der Waals surface area contributed by atoms with Crippen LogP contribution >= 0.6 is 0 Å². The summed E-state index contributed by atoms with van der Waals surface area (Å²) in [5.41, 5.74) is 0. The van der Waals surface area contributed by atoms with E-state index in [0.717, 1.165) is 5.92 Å². The maximum absolute atomic E-state index is 13.1. The molecule has 0 heterocycles. The zero-order valence-corrected chi connectivity index (χ0v) is 9.22. The summed E-state index contributed by atoms with van der Waals surface area (Å²) >= 11 is 0. The Kier molecular flexibility index (Phi) is 4.21. The van der Waals surface area contributed by atoms with Gasteiger partial charge in [0, 0.05) is 0 Å². The van der Waals surface area contributed by atoms with Crippen LogP contribution in [0.4, 0.5) is 4.39 Å². The standard InChI is InChI=1S/C12H23F/c1-4-11-5-7-12(8-6-11)9(2)10(3)13/h9-12H,4-8H2,1-3H3. The fraction of sp³-hybridized carbons (Fsp3) is 1.00. The summed E-state index contributed by atoms with van der Waals surface area (Å²) in [5.74, 6) is 1.86. The van der Waals surface area contributed by atoms with Crippen LogP contribution in [-0.4, -0.2) is 6.17 Å². The van der Waals surface area contributed by atoms with E-state index in [1.54, 1.807) is 6.92 Å². The molecule has 13 heavy (non-hydrogen) atoms. The molecular formula is C12H23F. The molecule has 0 bridgehead atoms. The lowest BCUT2D eigenvalue weighted by Crippen LogP contribution is -2.24. The molecule has 0 aromatic rings. The number of halogens is 1. The van der Waals surface area contributed by atoms with E-state index in [4.69, 9.17) is 0 Å². The van der Waals surface area contributed by atoms with Gasteiger partial charge in [0.05, 0.1) is 0 Å². The van der Waals surface area contributed by atoms with Crippen molar-refractivity contribution in [2.75, 3.05) is 0 Å². The molecule has 1 saturated carbocycles. The van der Waals surface area contributed by atoms with Gasteiger partial charge in [0.2, 0.25) is 0 Å². The van der Waals surface area contributed by atoms with Crippen molar-refractivity contribution in [2.45, 2.75) is 59.0 Å². The second-order valence-corrected chi connectivity index (χ2v) is 4.73. The summed E-state index contributed by atoms with van der Waals surface area (Å²) in [4.78, 5) is 0. The highest BCUT2D eigenvalue weighted by molar-refractivity contribution is 4.77. The molecule has 1 aliphatic rings. The Morgan fingerprint density at radius 1 is 1.15 bits per heavy atom. The molecule has 0 aliphatic heterocycles. The minimum Gasteiger partial charge on any atom is -0.247 e. The van der Waals surface area contributed by atoms with Crippen molar-refractivity contribution in [3.63, 3.8) is 0 Å². The predicted molar refractivity (Wildman–Crippen MR) is 55.5 cm³/mol. The van der Waals surface area contributed by atoms with Crippen molar-refractivity contribution in [1.82, 2.24) is 0 Å². The molecule has 1 fully saturated rings. The lowest BCUT2D eigenvalue weighted by Gasteiger charge is -2.32. The summed E-state index contributed by atoms with van der Waals surface area (Å²) in [6.07, 6.45) is 5.87. The molecular weight excluding hydrogens is 163 g/mol. The van der Waals surface area contributed by atoms with E-state index in [0.29, 0.717) is 5.92 Å². The van der Waals surface area contributed by atoms with Gasteiger partial charge in [-0.2, -0.15) is 0 Å². The van der Waals surface area contributed by atoms with Crippen LogP contribution in [0.1, 0.15) is 52.9 Å². The van der Waals surface area contributed by atoms with Crippen LogP contribution < -0.4 is 0 Å². The third-order valence-electron chi connectivity index (χ3n) is 3.94. The number of alkyl halides is 1. The van der Waals surface area contributed by atoms with E-state index >= 15 is 0 Å². The number of hydrogen-bond donors (Lipinski definition) is 0. The average Bonchev–Trinajstić information content (AvgIpc) is 2.17. The van der Waals surface area contributed by atoms with E-state index in [1.807, 2.05) is 0 Å². The fourth-order valence-corrected chi connectivity index (χ4v) is 2.50. The van der Waals surface area contributed by atoms with Gasteiger partial charge in [-0.3, -0.25) is 0 Å². The van der Waals surface area contributed by atoms with Gasteiger partial charge in [0.1, 0.15) is 6.17 Å². The van der Waals surface area contributed by atoms with Crippen molar-refractivity contribution >= 4 is 0 Å². The van der Waals surface area contributed by atoms with E-state index < -0.39 is 6.17 Å². The third-order valence-corrected chi connectivity index (χ3v) is 3.94. The number of hydrogen-bond acceptors (Lipinski definition) is 0. The quantitative estimate of drug-likeness (QED) is 0.619. The van der Waals surface area contributed by atoms with Crippen LogP contribution in [0.5, 0.6) is 0 Å². The predicted octanol–water partition coefficient (Wildman–Crippen LogP) is 4.20. The first kappa shape index (κ1) is 11.0. The van der Waals surface area contributed by atoms with E-state index in [9.17, 15) is 4.39 Å². The van der Waals surface area contributed by atoms with Crippen LogP contribution in [0.2, 0.25) is 0 Å². The molecule has 0 saturated heterocycles. The van der Waals surface area contributed by atoms with E-state index in [1.165, 1.54) is 32.1 Å². The average molecular weight is 186 g/mol. The SMILES string of the molecule is CCC1CCC(C(C)C(C)F)CC1. The molecule has 1 aliphatic carbocycles. The van der Waals surface area contributed by atoms with Gasteiger partial charge in [-0.1, -0.05) is 33.1 Å². The lowest BCUT2D eigenvalue weighted by molar-refractivity contribution is 0.140. The first-order valence-electron chi connectivity index (χ1n) is 5.79. The van der Waals surface area contributed by atoms with Crippen LogP contribution in [0.15, 0.2) is 0 Å². The van der Waals surface area contributed by atoms with Gasteiger partial charge in [-0.15, -0.1) is 0 Å². The molecule has 0 aromatic carbocycles. The molecule has 2 unspecified atom stereocenters. The second-order valence-electron chi connectivity index (χ2n) is 4.73. The van der Waals surface area contributed by atoms with Crippen LogP contribution in [0.25, 0.3) is 0 Å². The molecule has 78 valence electrons. The van der Waals surface area contributed by atoms with Crippen molar-refractivity contribution in [3.8, 4) is 0 Å². The Bertz CT molecular complexity index is 134. The maximum atomic E-state index is 13.1. The van der Waals surface area contributed by atoms with Gasteiger partial charge in [-0.25, -0.2) is 4.39 Å². The zero-order chi connectivity index (χ0) is 9.84. The summed E-state index contributed by atoms with van der Waals surface area (Å²) in [5, 5.41) is 0. The highest BCUT2D eigenvalue weighted by Crippen LogP contribution is 2.36. The van der Waals surface area contributed by atoms with Crippen LogP contribution in [0.3, 0.4) is 0 Å². The van der Waals surface area contributed by atoms with Gasteiger partial charge in [-0.05, 0) is 37.5 Å². The largest absolute Gasteiger partial charge is 0.247 e. The molecule has 0 N–H and O–H groups in total. The molecule has 0 spiro atoms. The normalized spacial score (nSPS) is 34.2. The summed E-state index contributed by atoms with van der Waals surface area (Å²) in [6.45, 7) is 6.05. The summed E-state index contributed by atoms with van der Waals surface area (Å²) in [6, 6.07) is 0. The molecule has 0 radical (unpaired) electrons. The molecule has 2 atom stereocenters. The summed E-state index contributed by atoms with van der Waals surface area (Å²) in [7, 11) is 0. The Balaban J connectivity index is 2.32. The van der Waals surface area contributed by atoms with Crippen molar-refractivity contribution in [2.24, 2.45) is 17.8 Å². The molecule has 0 aromatic heterocycles.